The highest BCUT2D eigenvalue weighted by molar-refractivity contribution is 7.99. The first-order chi connectivity index (χ1) is 4.81. The highest BCUT2D eigenvalue weighted by atomic mass is 32.2. The Morgan fingerprint density at radius 2 is 2.50 bits per heavy atom. The third kappa shape index (κ3) is 5.69. The summed E-state index contributed by atoms with van der Waals surface area (Å²) >= 11 is 1.56. The van der Waals surface area contributed by atoms with Crippen molar-refractivity contribution in [3.8, 4) is 0 Å². The van der Waals surface area contributed by atoms with Gasteiger partial charge in [-0.1, -0.05) is 6.08 Å². The molecule has 0 aromatic heterocycles. The van der Waals surface area contributed by atoms with Crippen LogP contribution in [0.4, 0.5) is 0 Å². The van der Waals surface area contributed by atoms with Crippen molar-refractivity contribution in [2.75, 3.05) is 18.6 Å². The van der Waals surface area contributed by atoms with Crippen molar-refractivity contribution in [3.05, 3.63) is 12.7 Å². The van der Waals surface area contributed by atoms with Gasteiger partial charge in [0, 0.05) is 0 Å². The van der Waals surface area contributed by atoms with Gasteiger partial charge in [0.15, 0.2) is 0 Å². The van der Waals surface area contributed by atoms with Crippen molar-refractivity contribution < 1.29 is 9.53 Å². The van der Waals surface area contributed by atoms with Crippen LogP contribution in [0.2, 0.25) is 0 Å². The number of ether oxygens (including phenoxy) is 1. The maximum absolute atomic E-state index is 10.5. The second-order valence-corrected chi connectivity index (χ2v) is 2.81. The predicted molar refractivity (Wildman–Crippen MR) is 44.2 cm³/mol. The van der Waals surface area contributed by atoms with E-state index in [1.807, 2.05) is 6.08 Å². The molecule has 0 spiro atoms. The van der Waals surface area contributed by atoms with Gasteiger partial charge in [-0.05, 0) is 12.2 Å². The molecule has 0 unspecified atom stereocenters. The number of allylic oxidation sites excluding steroid dienone is 1. The molecule has 0 radical (unpaired) electrons. The summed E-state index contributed by atoms with van der Waals surface area (Å²) in [6.07, 6.45) is 2.78. The first kappa shape index (κ1) is 9.56. The first-order valence-corrected chi connectivity index (χ1v) is 4.22. The summed E-state index contributed by atoms with van der Waals surface area (Å²) in [6.45, 7) is 3.57. The first-order valence-electron chi connectivity index (χ1n) is 3.06. The smallest absolute Gasteiger partial charge is 0.315 e. The molecule has 0 bridgehead atoms. The molecule has 58 valence electrons. The lowest BCUT2D eigenvalue weighted by atomic mass is 10.5. The van der Waals surface area contributed by atoms with E-state index in [1.54, 1.807) is 11.8 Å². The zero-order valence-electron chi connectivity index (χ0n) is 6.13. The van der Waals surface area contributed by atoms with Crippen molar-refractivity contribution in [1.82, 2.24) is 0 Å². The third-order valence-electron chi connectivity index (χ3n) is 0.914. The summed E-state index contributed by atoms with van der Waals surface area (Å²) in [7, 11) is 1.40. The monoisotopic (exact) mass is 160 g/mol. The minimum Gasteiger partial charge on any atom is -0.468 e. The van der Waals surface area contributed by atoms with E-state index in [1.165, 1.54) is 7.11 Å². The van der Waals surface area contributed by atoms with Crippen LogP contribution in [-0.4, -0.2) is 24.6 Å². The van der Waals surface area contributed by atoms with Gasteiger partial charge in [0.05, 0.1) is 12.9 Å². The summed E-state index contributed by atoms with van der Waals surface area (Å²) in [5, 5.41) is 0. The minimum atomic E-state index is -0.158. The van der Waals surface area contributed by atoms with E-state index in [0.717, 1.165) is 12.2 Å². The molecule has 0 amide bonds. The summed E-state index contributed by atoms with van der Waals surface area (Å²) in [4.78, 5) is 10.5. The Morgan fingerprint density at radius 3 is 3.00 bits per heavy atom. The molecule has 0 saturated carbocycles. The lowest BCUT2D eigenvalue weighted by Crippen LogP contribution is -2.03. The van der Waals surface area contributed by atoms with E-state index in [2.05, 4.69) is 11.3 Å². The molecule has 10 heavy (non-hydrogen) atoms. The lowest BCUT2D eigenvalue weighted by molar-refractivity contribution is -0.137. The molecular weight excluding hydrogens is 148 g/mol. The van der Waals surface area contributed by atoms with Crippen LogP contribution in [0.1, 0.15) is 6.42 Å². The van der Waals surface area contributed by atoms with Crippen molar-refractivity contribution in [2.45, 2.75) is 6.42 Å². The molecule has 0 rings (SSSR count). The van der Waals surface area contributed by atoms with Gasteiger partial charge >= 0.3 is 5.97 Å². The van der Waals surface area contributed by atoms with Crippen molar-refractivity contribution in [3.63, 3.8) is 0 Å². The van der Waals surface area contributed by atoms with Gasteiger partial charge in [0.25, 0.3) is 0 Å². The van der Waals surface area contributed by atoms with Crippen LogP contribution in [0.15, 0.2) is 12.7 Å². The van der Waals surface area contributed by atoms with E-state index in [4.69, 9.17) is 0 Å². The Labute approximate surface area is 65.6 Å². The number of thioether (sulfide) groups is 1. The lowest BCUT2D eigenvalue weighted by Gasteiger charge is -1.96. The molecule has 0 atom stereocenters. The van der Waals surface area contributed by atoms with Crippen LogP contribution in [0.3, 0.4) is 0 Å². The molecule has 0 saturated heterocycles. The van der Waals surface area contributed by atoms with Crippen LogP contribution in [0.25, 0.3) is 0 Å². The fourth-order valence-electron chi connectivity index (χ4n) is 0.381. The molecule has 2 nitrogen and oxygen atoms in total. The van der Waals surface area contributed by atoms with Gasteiger partial charge in [-0.3, -0.25) is 4.79 Å². The standard InChI is InChI=1S/C7H12O2S/c1-3-4-5-10-6-7(8)9-2/h3H,1,4-6H2,2H3. The molecule has 0 heterocycles. The summed E-state index contributed by atoms with van der Waals surface area (Å²) in [5.74, 6) is 1.23. The van der Waals surface area contributed by atoms with E-state index >= 15 is 0 Å². The number of esters is 1. The second kappa shape index (κ2) is 6.68. The van der Waals surface area contributed by atoms with Crippen LogP contribution in [0, 0.1) is 0 Å². The summed E-state index contributed by atoms with van der Waals surface area (Å²) < 4.78 is 4.44. The van der Waals surface area contributed by atoms with Crippen molar-refractivity contribution in [2.24, 2.45) is 0 Å². The normalized spacial score (nSPS) is 8.90. The summed E-state index contributed by atoms with van der Waals surface area (Å²) in [5.41, 5.74) is 0. The topological polar surface area (TPSA) is 26.3 Å². The van der Waals surface area contributed by atoms with E-state index in [9.17, 15) is 4.79 Å². The number of hydrogen-bond donors (Lipinski definition) is 0. The average molecular weight is 160 g/mol. The Balaban J connectivity index is 3.03. The van der Waals surface area contributed by atoms with Gasteiger partial charge in [-0.2, -0.15) is 0 Å². The molecule has 0 aliphatic carbocycles. The number of carbonyl (C=O) groups excluding carboxylic acids is 1. The minimum absolute atomic E-state index is 0.158. The fraction of sp³-hybridized carbons (Fsp3) is 0.571. The zero-order chi connectivity index (χ0) is 7.82. The quantitative estimate of drug-likeness (QED) is 0.346. The van der Waals surface area contributed by atoms with E-state index < -0.39 is 0 Å². The molecular formula is C7H12O2S. The largest absolute Gasteiger partial charge is 0.468 e. The zero-order valence-corrected chi connectivity index (χ0v) is 6.95. The summed E-state index contributed by atoms with van der Waals surface area (Å²) in [6, 6.07) is 0. The molecule has 0 aromatic carbocycles. The highest BCUT2D eigenvalue weighted by Gasteiger charge is 1.97. The van der Waals surface area contributed by atoms with Gasteiger partial charge in [-0.15, -0.1) is 18.3 Å². The Morgan fingerprint density at radius 1 is 1.80 bits per heavy atom. The molecule has 0 fully saturated rings. The van der Waals surface area contributed by atoms with Gasteiger partial charge < -0.3 is 4.74 Å². The van der Waals surface area contributed by atoms with Crippen molar-refractivity contribution >= 4 is 17.7 Å². The Kier molecular flexibility index (Phi) is 6.38. The maximum Gasteiger partial charge on any atom is 0.315 e. The number of methoxy groups -OCH3 is 1. The predicted octanol–water partition coefficient (Wildman–Crippen LogP) is 1.47. The van der Waals surface area contributed by atoms with Gasteiger partial charge in [-0.25, -0.2) is 0 Å². The van der Waals surface area contributed by atoms with Gasteiger partial charge in [0.2, 0.25) is 0 Å². The van der Waals surface area contributed by atoms with Gasteiger partial charge in [0.1, 0.15) is 0 Å². The molecule has 0 aliphatic rings. The van der Waals surface area contributed by atoms with Crippen LogP contribution < -0.4 is 0 Å². The van der Waals surface area contributed by atoms with Crippen LogP contribution >= 0.6 is 11.8 Å². The van der Waals surface area contributed by atoms with E-state index in [0.29, 0.717) is 5.75 Å². The molecule has 0 aliphatic heterocycles. The number of carbonyl (C=O) groups is 1. The van der Waals surface area contributed by atoms with Crippen LogP contribution in [0.5, 0.6) is 0 Å². The number of hydrogen-bond acceptors (Lipinski definition) is 3. The SMILES string of the molecule is C=CCCSCC(=O)OC. The Bertz CT molecular complexity index is 112. The fourth-order valence-corrected chi connectivity index (χ4v) is 1.14. The molecule has 3 heteroatoms. The third-order valence-corrected chi connectivity index (χ3v) is 1.88. The van der Waals surface area contributed by atoms with E-state index in [-0.39, 0.29) is 5.97 Å². The maximum atomic E-state index is 10.5. The number of rotatable bonds is 5. The highest BCUT2D eigenvalue weighted by Crippen LogP contribution is 2.02. The van der Waals surface area contributed by atoms with Crippen molar-refractivity contribution in [1.29, 1.82) is 0 Å². The molecule has 0 N–H and O–H groups in total. The Hall–Kier alpha value is -0.440. The second-order valence-electron chi connectivity index (χ2n) is 1.71. The average Bonchev–Trinajstić information content (AvgIpc) is 1.98. The van der Waals surface area contributed by atoms with Crippen LogP contribution in [-0.2, 0) is 9.53 Å². The molecule has 0 aromatic rings.